The van der Waals surface area contributed by atoms with E-state index in [0.717, 1.165) is 12.2 Å². The van der Waals surface area contributed by atoms with E-state index in [4.69, 9.17) is 9.15 Å². The van der Waals surface area contributed by atoms with E-state index in [-0.39, 0.29) is 11.7 Å². The lowest BCUT2D eigenvalue weighted by Gasteiger charge is -2.05. The molecular formula is C16H19NO3S. The Kier molecular flexibility index (Phi) is 5.75. The predicted molar refractivity (Wildman–Crippen MR) is 85.0 cm³/mol. The molecule has 21 heavy (non-hydrogen) atoms. The minimum absolute atomic E-state index is 0.234. The maximum atomic E-state index is 11.7. The Morgan fingerprint density at radius 1 is 1.24 bits per heavy atom. The molecule has 2 rings (SSSR count). The van der Waals surface area contributed by atoms with Gasteiger partial charge in [0.15, 0.2) is 5.76 Å². The van der Waals surface area contributed by atoms with Crippen molar-refractivity contribution in [1.29, 1.82) is 0 Å². The maximum Gasteiger partial charge on any atom is 0.287 e. The summed E-state index contributed by atoms with van der Waals surface area (Å²) in [6.45, 7) is 2.92. The Morgan fingerprint density at radius 2 is 2.00 bits per heavy atom. The Morgan fingerprint density at radius 3 is 2.67 bits per heavy atom. The van der Waals surface area contributed by atoms with Gasteiger partial charge in [0.05, 0.1) is 0 Å². The fourth-order valence-electron chi connectivity index (χ4n) is 1.81. The Labute approximate surface area is 129 Å². The molecule has 0 saturated heterocycles. The van der Waals surface area contributed by atoms with Gasteiger partial charge in [-0.25, -0.2) is 0 Å². The quantitative estimate of drug-likeness (QED) is 0.773. The lowest BCUT2D eigenvalue weighted by atomic mass is 10.2. The molecule has 1 aromatic carbocycles. The van der Waals surface area contributed by atoms with E-state index in [1.54, 1.807) is 12.1 Å². The van der Waals surface area contributed by atoms with Crippen molar-refractivity contribution in [2.75, 3.05) is 12.3 Å². The van der Waals surface area contributed by atoms with Gasteiger partial charge < -0.3 is 14.5 Å². The van der Waals surface area contributed by atoms with E-state index < -0.39 is 0 Å². The van der Waals surface area contributed by atoms with Gasteiger partial charge in [-0.05, 0) is 36.2 Å². The highest BCUT2D eigenvalue weighted by atomic mass is 32.1. The van der Waals surface area contributed by atoms with Crippen molar-refractivity contribution in [3.05, 3.63) is 53.5 Å². The number of thiol groups is 1. The van der Waals surface area contributed by atoms with Crippen molar-refractivity contribution in [3.63, 3.8) is 0 Å². The molecule has 2 aromatic rings. The van der Waals surface area contributed by atoms with Crippen LogP contribution in [0.25, 0.3) is 0 Å². The van der Waals surface area contributed by atoms with E-state index >= 15 is 0 Å². The van der Waals surface area contributed by atoms with Crippen LogP contribution in [0.15, 0.2) is 40.8 Å². The molecule has 0 aliphatic carbocycles. The molecule has 0 bridgehead atoms. The molecule has 0 spiro atoms. The third-order valence-corrected chi connectivity index (χ3v) is 3.22. The van der Waals surface area contributed by atoms with Crippen molar-refractivity contribution in [3.8, 4) is 5.75 Å². The van der Waals surface area contributed by atoms with E-state index in [0.29, 0.717) is 24.7 Å². The van der Waals surface area contributed by atoms with Crippen LogP contribution in [0.5, 0.6) is 5.75 Å². The zero-order valence-electron chi connectivity index (χ0n) is 12.0. The van der Waals surface area contributed by atoms with Crippen LogP contribution in [0.3, 0.4) is 0 Å². The van der Waals surface area contributed by atoms with Crippen LogP contribution in [-0.4, -0.2) is 18.2 Å². The Bertz CT molecular complexity index is 577. The third-order valence-electron chi connectivity index (χ3n) is 3.00. The van der Waals surface area contributed by atoms with E-state index in [9.17, 15) is 4.79 Å². The molecule has 0 aliphatic rings. The van der Waals surface area contributed by atoms with Crippen molar-refractivity contribution < 1.29 is 13.9 Å². The van der Waals surface area contributed by atoms with Crippen molar-refractivity contribution in [1.82, 2.24) is 5.32 Å². The number of rotatable bonds is 7. The molecule has 0 radical (unpaired) electrons. The second-order valence-corrected chi connectivity index (χ2v) is 4.98. The first kappa shape index (κ1) is 15.5. The van der Waals surface area contributed by atoms with Crippen molar-refractivity contribution in [2.24, 2.45) is 0 Å². The standard InChI is InChI=1S/C16H19NO3S/c1-2-12-3-5-13(6-4-12)19-11-14-7-8-15(20-14)16(18)17-9-10-21/h3-8,21H,2,9-11H2,1H3,(H,17,18). The largest absolute Gasteiger partial charge is 0.486 e. The van der Waals surface area contributed by atoms with Gasteiger partial charge in [-0.3, -0.25) is 4.79 Å². The van der Waals surface area contributed by atoms with Crippen LogP contribution < -0.4 is 10.1 Å². The van der Waals surface area contributed by atoms with Crippen LogP contribution in [0.1, 0.15) is 28.8 Å². The summed E-state index contributed by atoms with van der Waals surface area (Å²) in [5.74, 6) is 2.05. The van der Waals surface area contributed by atoms with Crippen molar-refractivity contribution in [2.45, 2.75) is 20.0 Å². The summed E-state index contributed by atoms with van der Waals surface area (Å²) >= 11 is 4.04. The fourth-order valence-corrected chi connectivity index (χ4v) is 1.92. The molecular weight excluding hydrogens is 286 g/mol. The van der Waals surface area contributed by atoms with Gasteiger partial charge in [-0.1, -0.05) is 19.1 Å². The topological polar surface area (TPSA) is 51.5 Å². The highest BCUT2D eigenvalue weighted by Crippen LogP contribution is 2.16. The van der Waals surface area contributed by atoms with Crippen LogP contribution in [-0.2, 0) is 13.0 Å². The van der Waals surface area contributed by atoms with Crippen molar-refractivity contribution >= 4 is 18.5 Å². The van der Waals surface area contributed by atoms with E-state index in [2.05, 4.69) is 24.9 Å². The van der Waals surface area contributed by atoms with Gasteiger partial charge in [0.1, 0.15) is 18.1 Å². The maximum absolute atomic E-state index is 11.7. The molecule has 5 heteroatoms. The Hall–Kier alpha value is -1.88. The monoisotopic (exact) mass is 305 g/mol. The summed E-state index contributed by atoms with van der Waals surface area (Å²) < 4.78 is 11.1. The first-order chi connectivity index (χ1) is 10.2. The molecule has 4 nitrogen and oxygen atoms in total. The van der Waals surface area contributed by atoms with Gasteiger partial charge in [-0.2, -0.15) is 12.6 Å². The molecule has 0 aliphatic heterocycles. The van der Waals surface area contributed by atoms with Crippen LogP contribution >= 0.6 is 12.6 Å². The molecule has 0 unspecified atom stereocenters. The van der Waals surface area contributed by atoms with Gasteiger partial charge in [0.2, 0.25) is 0 Å². The molecule has 1 amide bonds. The zero-order valence-corrected chi connectivity index (χ0v) is 12.9. The number of nitrogens with one attached hydrogen (secondary N) is 1. The summed E-state index contributed by atoms with van der Waals surface area (Å²) in [6.07, 6.45) is 1.00. The Balaban J connectivity index is 1.88. The average molecular weight is 305 g/mol. The molecule has 1 aromatic heterocycles. The molecule has 1 N–H and O–H groups in total. The number of hydrogen-bond donors (Lipinski definition) is 2. The fraction of sp³-hybridized carbons (Fsp3) is 0.312. The molecule has 112 valence electrons. The summed E-state index contributed by atoms with van der Waals surface area (Å²) in [5, 5.41) is 2.70. The second-order valence-electron chi connectivity index (χ2n) is 4.53. The lowest BCUT2D eigenvalue weighted by Crippen LogP contribution is -2.24. The number of carbonyl (C=O) groups excluding carboxylic acids is 1. The normalized spacial score (nSPS) is 10.4. The minimum atomic E-state index is -0.234. The number of amides is 1. The molecule has 1 heterocycles. The second kappa shape index (κ2) is 7.78. The minimum Gasteiger partial charge on any atom is -0.486 e. The molecule has 0 atom stereocenters. The number of carbonyl (C=O) groups is 1. The zero-order chi connectivity index (χ0) is 15.1. The number of aryl methyl sites for hydroxylation is 1. The van der Waals surface area contributed by atoms with Gasteiger partial charge in [-0.15, -0.1) is 0 Å². The molecule has 0 fully saturated rings. The first-order valence-electron chi connectivity index (χ1n) is 6.92. The summed E-state index contributed by atoms with van der Waals surface area (Å²) in [5.41, 5.74) is 1.27. The van der Waals surface area contributed by atoms with Gasteiger partial charge >= 0.3 is 0 Å². The summed E-state index contributed by atoms with van der Waals surface area (Å²) in [6, 6.07) is 11.3. The van der Waals surface area contributed by atoms with Crippen LogP contribution in [0.4, 0.5) is 0 Å². The lowest BCUT2D eigenvalue weighted by molar-refractivity contribution is 0.0924. The smallest absolute Gasteiger partial charge is 0.287 e. The van der Waals surface area contributed by atoms with E-state index in [1.807, 2.05) is 24.3 Å². The molecule has 0 saturated carbocycles. The third kappa shape index (κ3) is 4.56. The summed E-state index contributed by atoms with van der Waals surface area (Å²) in [4.78, 5) is 11.7. The number of benzene rings is 1. The predicted octanol–water partition coefficient (Wildman–Crippen LogP) is 3.08. The highest BCUT2D eigenvalue weighted by Gasteiger charge is 2.10. The first-order valence-corrected chi connectivity index (χ1v) is 7.55. The number of hydrogen-bond acceptors (Lipinski definition) is 4. The summed E-state index contributed by atoms with van der Waals surface area (Å²) in [7, 11) is 0. The van der Waals surface area contributed by atoms with Gasteiger partial charge in [0.25, 0.3) is 5.91 Å². The van der Waals surface area contributed by atoms with Crippen LogP contribution in [0.2, 0.25) is 0 Å². The average Bonchev–Trinajstić information content (AvgIpc) is 3.00. The SMILES string of the molecule is CCc1ccc(OCc2ccc(C(=O)NCCS)o2)cc1. The van der Waals surface area contributed by atoms with Gasteiger partial charge in [0, 0.05) is 12.3 Å². The number of ether oxygens (including phenoxy) is 1. The number of furan rings is 1. The highest BCUT2D eigenvalue weighted by molar-refractivity contribution is 7.80. The van der Waals surface area contributed by atoms with Crippen LogP contribution in [0, 0.1) is 0 Å². The van der Waals surface area contributed by atoms with E-state index in [1.165, 1.54) is 5.56 Å².